The second kappa shape index (κ2) is 6.56. The Hall–Kier alpha value is -3.11. The van der Waals surface area contributed by atoms with E-state index in [9.17, 15) is 0 Å². The third-order valence-corrected chi connectivity index (χ3v) is 5.55. The summed E-state index contributed by atoms with van der Waals surface area (Å²) < 4.78 is 6.53. The number of nitrogens with zero attached hydrogens (tertiary/aromatic N) is 6. The fourth-order valence-corrected chi connectivity index (χ4v) is 4.16. The largest absolute Gasteiger partial charge is 0.328 e. The van der Waals surface area contributed by atoms with Gasteiger partial charge in [-0.05, 0) is 24.5 Å². The predicted octanol–water partition coefficient (Wildman–Crippen LogP) is 3.68. The lowest BCUT2D eigenvalue weighted by atomic mass is 10.3. The van der Waals surface area contributed by atoms with Gasteiger partial charge in [-0.2, -0.15) is 9.47 Å². The van der Waals surface area contributed by atoms with Crippen LogP contribution in [0.1, 0.15) is 16.4 Å². The van der Waals surface area contributed by atoms with Crippen LogP contribution in [0.5, 0.6) is 0 Å². The van der Waals surface area contributed by atoms with Crippen LogP contribution in [0.25, 0.3) is 16.9 Å². The quantitative estimate of drug-likeness (QED) is 0.472. The van der Waals surface area contributed by atoms with E-state index < -0.39 is 0 Å². The van der Waals surface area contributed by atoms with Crippen molar-refractivity contribution < 1.29 is 0 Å². The molecule has 0 fully saturated rings. The standard InChI is InChI=1S/C17H14N8S2/c1-10-9-25-13(11-6-20-21-7-11)8-19-17(25)16(22-10)23-15-5-12(24-27-15)4-14-18-2-3-26-14/h2-3,5-9H,4H2,1H3,(H,20,21)(H,22,23). The number of fused-ring (bicyclic) bond motifs is 1. The maximum Gasteiger partial charge on any atom is 0.180 e. The molecule has 2 N–H and O–H groups in total. The van der Waals surface area contributed by atoms with Gasteiger partial charge in [0.15, 0.2) is 11.5 Å². The van der Waals surface area contributed by atoms with Crippen molar-refractivity contribution in [2.24, 2.45) is 0 Å². The number of aromatic nitrogens is 7. The molecule has 5 aromatic heterocycles. The van der Waals surface area contributed by atoms with Crippen molar-refractivity contribution in [3.63, 3.8) is 0 Å². The lowest BCUT2D eigenvalue weighted by molar-refractivity contribution is 1.08. The second-order valence-corrected chi connectivity index (χ2v) is 7.75. The van der Waals surface area contributed by atoms with E-state index in [1.807, 2.05) is 47.6 Å². The average Bonchev–Trinajstić information content (AvgIpc) is 3.43. The Bertz CT molecular complexity index is 1190. The molecule has 5 heterocycles. The molecule has 134 valence electrons. The van der Waals surface area contributed by atoms with Crippen LogP contribution in [0, 0.1) is 6.92 Å². The van der Waals surface area contributed by atoms with Crippen molar-refractivity contribution in [1.82, 2.24) is 33.9 Å². The molecule has 27 heavy (non-hydrogen) atoms. The molecule has 8 nitrogen and oxygen atoms in total. The van der Waals surface area contributed by atoms with E-state index in [-0.39, 0.29) is 0 Å². The van der Waals surface area contributed by atoms with Crippen LogP contribution in [0.3, 0.4) is 0 Å². The number of imidazole rings is 1. The van der Waals surface area contributed by atoms with Crippen molar-refractivity contribution in [3.05, 3.63) is 58.8 Å². The van der Waals surface area contributed by atoms with Gasteiger partial charge >= 0.3 is 0 Å². The van der Waals surface area contributed by atoms with E-state index >= 15 is 0 Å². The Balaban J connectivity index is 1.48. The fourth-order valence-electron chi connectivity index (χ4n) is 2.86. The van der Waals surface area contributed by atoms with E-state index in [2.05, 4.69) is 34.8 Å². The fraction of sp³-hybridized carbons (Fsp3) is 0.118. The molecule has 0 aromatic carbocycles. The van der Waals surface area contributed by atoms with Gasteiger partial charge in [-0.25, -0.2) is 15.0 Å². The Morgan fingerprint density at radius 1 is 1.26 bits per heavy atom. The van der Waals surface area contributed by atoms with E-state index in [1.54, 1.807) is 17.5 Å². The Kier molecular flexibility index (Phi) is 3.91. The number of rotatable bonds is 5. The summed E-state index contributed by atoms with van der Waals surface area (Å²) >= 11 is 3.04. The third-order valence-electron chi connectivity index (χ3n) is 4.02. The number of thiazole rings is 1. The highest BCUT2D eigenvalue weighted by molar-refractivity contribution is 7.10. The summed E-state index contributed by atoms with van der Waals surface area (Å²) in [6.07, 6.45) is 9.97. The number of aromatic amines is 1. The summed E-state index contributed by atoms with van der Waals surface area (Å²) in [4.78, 5) is 13.5. The Morgan fingerprint density at radius 3 is 3.04 bits per heavy atom. The first-order chi connectivity index (χ1) is 13.3. The first kappa shape index (κ1) is 16.1. The zero-order valence-corrected chi connectivity index (χ0v) is 15.9. The van der Waals surface area contributed by atoms with Crippen LogP contribution in [0.2, 0.25) is 0 Å². The smallest absolute Gasteiger partial charge is 0.180 e. The second-order valence-electron chi connectivity index (χ2n) is 5.97. The van der Waals surface area contributed by atoms with Crippen molar-refractivity contribution in [2.75, 3.05) is 5.32 Å². The molecule has 0 aliphatic carbocycles. The third kappa shape index (κ3) is 3.09. The van der Waals surface area contributed by atoms with E-state index in [4.69, 9.17) is 0 Å². The van der Waals surface area contributed by atoms with Gasteiger partial charge in [-0.15, -0.1) is 11.3 Å². The van der Waals surface area contributed by atoms with Gasteiger partial charge in [0.1, 0.15) is 5.00 Å². The van der Waals surface area contributed by atoms with Crippen LogP contribution in [0.4, 0.5) is 10.8 Å². The molecule has 0 unspecified atom stereocenters. The first-order valence-corrected chi connectivity index (χ1v) is 9.86. The van der Waals surface area contributed by atoms with Crippen molar-refractivity contribution in [1.29, 1.82) is 0 Å². The molecular formula is C17H14N8S2. The molecule has 5 aromatic rings. The normalized spacial score (nSPS) is 11.3. The summed E-state index contributed by atoms with van der Waals surface area (Å²) in [7, 11) is 0. The van der Waals surface area contributed by atoms with Gasteiger partial charge in [0, 0.05) is 36.0 Å². The molecule has 0 spiro atoms. The number of hydrogen-bond acceptors (Lipinski definition) is 8. The number of hydrogen-bond donors (Lipinski definition) is 2. The molecule has 5 rings (SSSR count). The first-order valence-electron chi connectivity index (χ1n) is 8.21. The molecule has 0 atom stereocenters. The molecule has 0 aliphatic heterocycles. The van der Waals surface area contributed by atoms with E-state index in [1.165, 1.54) is 11.5 Å². The maximum atomic E-state index is 4.63. The Morgan fingerprint density at radius 2 is 2.22 bits per heavy atom. The molecule has 0 radical (unpaired) electrons. The number of anilines is 2. The lowest BCUT2D eigenvalue weighted by Crippen LogP contribution is -2.00. The minimum atomic E-state index is 0.703. The summed E-state index contributed by atoms with van der Waals surface area (Å²) in [5, 5.41) is 14.2. The van der Waals surface area contributed by atoms with Gasteiger partial charge < -0.3 is 5.32 Å². The van der Waals surface area contributed by atoms with Crippen LogP contribution >= 0.6 is 22.9 Å². The van der Waals surface area contributed by atoms with Crippen molar-refractivity contribution >= 4 is 39.3 Å². The molecule has 0 saturated heterocycles. The monoisotopic (exact) mass is 394 g/mol. The molecule has 0 aliphatic rings. The highest BCUT2D eigenvalue weighted by Crippen LogP contribution is 2.28. The van der Waals surface area contributed by atoms with Crippen LogP contribution in [-0.2, 0) is 6.42 Å². The minimum Gasteiger partial charge on any atom is -0.328 e. The average molecular weight is 394 g/mol. The van der Waals surface area contributed by atoms with E-state index in [0.29, 0.717) is 5.82 Å². The summed E-state index contributed by atoms with van der Waals surface area (Å²) in [6.45, 7) is 1.96. The predicted molar refractivity (Wildman–Crippen MR) is 106 cm³/mol. The van der Waals surface area contributed by atoms with Gasteiger partial charge in [0.2, 0.25) is 0 Å². The molecule has 0 bridgehead atoms. The van der Waals surface area contributed by atoms with Gasteiger partial charge in [0.25, 0.3) is 0 Å². The SMILES string of the molecule is Cc1cn2c(-c3cn[nH]c3)cnc2c(Nc2cc(Cc3nccs3)ns2)n1. The number of nitrogens with one attached hydrogen (secondary N) is 2. The maximum absolute atomic E-state index is 4.63. The van der Waals surface area contributed by atoms with Gasteiger partial charge in [-0.1, -0.05) is 0 Å². The summed E-state index contributed by atoms with van der Waals surface area (Å²) in [5.41, 5.74) is 4.57. The number of aryl methyl sites for hydroxylation is 1. The highest BCUT2D eigenvalue weighted by Gasteiger charge is 2.14. The minimum absolute atomic E-state index is 0.703. The van der Waals surface area contributed by atoms with Crippen molar-refractivity contribution in [2.45, 2.75) is 13.3 Å². The molecule has 0 amide bonds. The van der Waals surface area contributed by atoms with Gasteiger partial charge in [0.05, 0.1) is 34.5 Å². The molecular weight excluding hydrogens is 380 g/mol. The van der Waals surface area contributed by atoms with Crippen LogP contribution in [0.15, 0.2) is 42.4 Å². The summed E-state index contributed by atoms with van der Waals surface area (Å²) in [6, 6.07) is 2.03. The Labute approximate surface area is 162 Å². The molecule has 10 heteroatoms. The summed E-state index contributed by atoms with van der Waals surface area (Å²) in [5.74, 6) is 0.703. The zero-order chi connectivity index (χ0) is 18.2. The van der Waals surface area contributed by atoms with Gasteiger partial charge in [-0.3, -0.25) is 9.50 Å². The van der Waals surface area contributed by atoms with Crippen LogP contribution < -0.4 is 5.32 Å². The highest BCUT2D eigenvalue weighted by atomic mass is 32.1. The zero-order valence-electron chi connectivity index (χ0n) is 14.2. The van der Waals surface area contributed by atoms with Crippen LogP contribution in [-0.4, -0.2) is 33.9 Å². The topological polar surface area (TPSA) is 96.7 Å². The van der Waals surface area contributed by atoms with E-state index in [0.717, 1.165) is 44.7 Å². The number of H-pyrrole nitrogens is 1. The molecule has 0 saturated carbocycles. The lowest BCUT2D eigenvalue weighted by Gasteiger charge is -2.07. The van der Waals surface area contributed by atoms with Crippen molar-refractivity contribution in [3.8, 4) is 11.3 Å².